The van der Waals surface area contributed by atoms with Gasteiger partial charge in [-0.15, -0.1) is 11.3 Å². The van der Waals surface area contributed by atoms with Gasteiger partial charge in [-0.25, -0.2) is 9.78 Å². The summed E-state index contributed by atoms with van der Waals surface area (Å²) in [5, 5.41) is 16.8. The number of aliphatic carboxylic acids is 1. The molecule has 0 aliphatic carbocycles. The highest BCUT2D eigenvalue weighted by Gasteiger charge is 2.11. The quantitative estimate of drug-likeness (QED) is 0.669. The van der Waals surface area contributed by atoms with Crippen LogP contribution in [0.1, 0.15) is 42.9 Å². The van der Waals surface area contributed by atoms with Crippen molar-refractivity contribution in [2.75, 3.05) is 6.54 Å². The van der Waals surface area contributed by atoms with Crippen LogP contribution < -0.4 is 10.6 Å². The van der Waals surface area contributed by atoms with Crippen LogP contribution >= 0.6 is 11.3 Å². The molecule has 0 spiro atoms. The van der Waals surface area contributed by atoms with Gasteiger partial charge in [0.15, 0.2) is 0 Å². The molecule has 0 radical (unpaired) electrons. The highest BCUT2D eigenvalue weighted by Crippen LogP contribution is 2.16. The Bertz CT molecular complexity index is 434. The summed E-state index contributed by atoms with van der Waals surface area (Å²) in [5.74, 6) is -0.808. The van der Waals surface area contributed by atoms with E-state index in [0.717, 1.165) is 10.7 Å². The number of hydrogen-bond donors (Lipinski definition) is 3. The van der Waals surface area contributed by atoms with Gasteiger partial charge in [0.1, 0.15) is 5.01 Å². The maximum Gasteiger partial charge on any atom is 0.315 e. The number of nitrogens with one attached hydrogen (secondary N) is 2. The smallest absolute Gasteiger partial charge is 0.315 e. The molecule has 106 valence electrons. The van der Waals surface area contributed by atoms with Gasteiger partial charge in [0.05, 0.1) is 6.04 Å². The van der Waals surface area contributed by atoms with Crippen LogP contribution in [0.3, 0.4) is 0 Å². The molecule has 1 aromatic rings. The molecule has 1 atom stereocenters. The number of unbranched alkanes of at least 4 members (excludes halogenated alkanes) is 1. The lowest BCUT2D eigenvalue weighted by Crippen LogP contribution is -2.37. The lowest BCUT2D eigenvalue weighted by atomic mass is 10.2. The zero-order chi connectivity index (χ0) is 14.3. The summed E-state index contributed by atoms with van der Waals surface area (Å²) < 4.78 is 0. The second kappa shape index (κ2) is 7.73. The van der Waals surface area contributed by atoms with E-state index in [1.54, 1.807) is 0 Å². The zero-order valence-corrected chi connectivity index (χ0v) is 11.9. The summed E-state index contributed by atoms with van der Waals surface area (Å²) in [4.78, 5) is 26.2. The number of urea groups is 1. The first-order valence-corrected chi connectivity index (χ1v) is 7.05. The van der Waals surface area contributed by atoms with Crippen molar-refractivity contribution in [3.05, 3.63) is 16.1 Å². The van der Waals surface area contributed by atoms with Crippen molar-refractivity contribution in [3.63, 3.8) is 0 Å². The van der Waals surface area contributed by atoms with Gasteiger partial charge in [-0.3, -0.25) is 4.79 Å². The van der Waals surface area contributed by atoms with E-state index in [9.17, 15) is 9.59 Å². The molecule has 1 aromatic heterocycles. The fraction of sp³-hybridized carbons (Fsp3) is 0.583. The van der Waals surface area contributed by atoms with E-state index in [2.05, 4.69) is 15.6 Å². The highest BCUT2D eigenvalue weighted by atomic mass is 32.1. The predicted molar refractivity (Wildman–Crippen MR) is 73.3 cm³/mol. The van der Waals surface area contributed by atoms with Crippen LogP contribution in [0.4, 0.5) is 4.79 Å². The average Bonchev–Trinajstić information content (AvgIpc) is 2.75. The number of carbonyl (C=O) groups excluding carboxylic acids is 1. The number of carboxylic acids is 1. The summed E-state index contributed by atoms with van der Waals surface area (Å²) >= 11 is 1.52. The molecule has 1 heterocycles. The molecule has 0 aromatic carbocycles. The number of aryl methyl sites for hydroxylation is 1. The minimum absolute atomic E-state index is 0.127. The normalized spacial score (nSPS) is 11.9. The standard InChI is InChI=1S/C12H19N3O3S/c1-8-7-19-11(14-8)9(2)15-12(18)13-6-4-3-5-10(16)17/h7,9H,3-6H2,1-2H3,(H,16,17)(H2,13,15,18). The fourth-order valence-electron chi connectivity index (χ4n) is 1.48. The number of thiazole rings is 1. The van der Waals surface area contributed by atoms with E-state index in [1.165, 1.54) is 11.3 Å². The van der Waals surface area contributed by atoms with E-state index in [-0.39, 0.29) is 18.5 Å². The van der Waals surface area contributed by atoms with Gasteiger partial charge in [0.2, 0.25) is 0 Å². The Kier molecular flexibility index (Phi) is 6.27. The second-order valence-electron chi connectivity index (χ2n) is 4.30. The lowest BCUT2D eigenvalue weighted by Gasteiger charge is -2.12. The van der Waals surface area contributed by atoms with E-state index in [4.69, 9.17) is 5.11 Å². The minimum atomic E-state index is -0.808. The van der Waals surface area contributed by atoms with Crippen LogP contribution in [0.25, 0.3) is 0 Å². The summed E-state index contributed by atoms with van der Waals surface area (Å²) in [7, 11) is 0. The average molecular weight is 285 g/mol. The molecule has 6 nitrogen and oxygen atoms in total. The van der Waals surface area contributed by atoms with E-state index < -0.39 is 5.97 Å². The Morgan fingerprint density at radius 3 is 2.79 bits per heavy atom. The van der Waals surface area contributed by atoms with Crippen LogP contribution in [0.2, 0.25) is 0 Å². The van der Waals surface area contributed by atoms with Crippen molar-refractivity contribution in [2.45, 2.75) is 39.2 Å². The van der Waals surface area contributed by atoms with E-state index in [0.29, 0.717) is 19.4 Å². The fourth-order valence-corrected chi connectivity index (χ4v) is 2.29. The highest BCUT2D eigenvalue weighted by molar-refractivity contribution is 7.09. The summed E-state index contributed by atoms with van der Waals surface area (Å²) in [6, 6.07) is -0.381. The van der Waals surface area contributed by atoms with E-state index >= 15 is 0 Å². The van der Waals surface area contributed by atoms with E-state index in [1.807, 2.05) is 19.2 Å². The van der Waals surface area contributed by atoms with Crippen molar-refractivity contribution in [1.82, 2.24) is 15.6 Å². The molecule has 0 aliphatic rings. The maximum atomic E-state index is 11.6. The van der Waals surface area contributed by atoms with Crippen molar-refractivity contribution in [2.24, 2.45) is 0 Å². The Hall–Kier alpha value is -1.63. The second-order valence-corrected chi connectivity index (χ2v) is 5.19. The molecule has 3 N–H and O–H groups in total. The molecule has 7 heteroatoms. The van der Waals surface area contributed by atoms with Crippen LogP contribution in [0.5, 0.6) is 0 Å². The third-order valence-corrected chi connectivity index (χ3v) is 3.60. The Balaban J connectivity index is 2.18. The molecule has 0 aliphatic heterocycles. The largest absolute Gasteiger partial charge is 0.481 e. The van der Waals surface area contributed by atoms with Crippen LogP contribution in [0, 0.1) is 6.92 Å². The number of aromatic nitrogens is 1. The predicted octanol–water partition coefficient (Wildman–Crippen LogP) is 2.07. The van der Waals surface area contributed by atoms with Crippen LogP contribution in [-0.4, -0.2) is 28.6 Å². The molecular weight excluding hydrogens is 266 g/mol. The zero-order valence-electron chi connectivity index (χ0n) is 11.1. The summed E-state index contributed by atoms with van der Waals surface area (Å²) in [6.45, 7) is 4.26. The molecule has 19 heavy (non-hydrogen) atoms. The van der Waals surface area contributed by atoms with Crippen LogP contribution in [-0.2, 0) is 4.79 Å². The maximum absolute atomic E-state index is 11.6. The lowest BCUT2D eigenvalue weighted by molar-refractivity contribution is -0.137. The number of hydrogen-bond acceptors (Lipinski definition) is 4. The molecule has 0 saturated carbocycles. The third-order valence-electron chi connectivity index (χ3n) is 2.46. The number of nitrogens with zero attached hydrogens (tertiary/aromatic N) is 1. The Morgan fingerprint density at radius 2 is 2.21 bits per heavy atom. The molecular formula is C12H19N3O3S. The first-order chi connectivity index (χ1) is 8.99. The third kappa shape index (κ3) is 6.19. The number of carbonyl (C=O) groups is 2. The summed E-state index contributed by atoms with van der Waals surface area (Å²) in [6.07, 6.45) is 1.36. The van der Waals surface area contributed by atoms with Crippen LogP contribution in [0.15, 0.2) is 5.38 Å². The van der Waals surface area contributed by atoms with Crippen molar-refractivity contribution < 1.29 is 14.7 Å². The number of carboxylic acid groups (broad SMARTS) is 1. The van der Waals surface area contributed by atoms with Gasteiger partial charge >= 0.3 is 12.0 Å². The van der Waals surface area contributed by atoms with Gasteiger partial charge < -0.3 is 15.7 Å². The molecule has 2 amide bonds. The SMILES string of the molecule is Cc1csc(C(C)NC(=O)NCCCCC(=O)O)n1. The van der Waals surface area contributed by atoms with Gasteiger partial charge in [0, 0.05) is 24.0 Å². The van der Waals surface area contributed by atoms with Crippen molar-refractivity contribution in [1.29, 1.82) is 0 Å². The van der Waals surface area contributed by atoms with Gasteiger partial charge in [0.25, 0.3) is 0 Å². The van der Waals surface area contributed by atoms with Gasteiger partial charge in [-0.05, 0) is 26.7 Å². The van der Waals surface area contributed by atoms with Crippen molar-refractivity contribution >= 4 is 23.3 Å². The molecule has 1 unspecified atom stereocenters. The topological polar surface area (TPSA) is 91.3 Å². The molecule has 0 bridgehead atoms. The first-order valence-electron chi connectivity index (χ1n) is 6.17. The molecule has 0 fully saturated rings. The molecule has 0 saturated heterocycles. The van der Waals surface area contributed by atoms with Gasteiger partial charge in [-0.1, -0.05) is 0 Å². The monoisotopic (exact) mass is 285 g/mol. The minimum Gasteiger partial charge on any atom is -0.481 e. The molecule has 1 rings (SSSR count). The summed E-state index contributed by atoms with van der Waals surface area (Å²) in [5.41, 5.74) is 0.947. The van der Waals surface area contributed by atoms with Crippen molar-refractivity contribution in [3.8, 4) is 0 Å². The van der Waals surface area contributed by atoms with Gasteiger partial charge in [-0.2, -0.15) is 0 Å². The number of amides is 2. The Labute approximate surface area is 116 Å². The Morgan fingerprint density at radius 1 is 1.47 bits per heavy atom. The first kappa shape index (κ1) is 15.4. The number of rotatable bonds is 7.